The number of allylic oxidation sites excluding steroid dienone is 1. The Kier molecular flexibility index (Phi) is 22.0. The normalized spacial score (nSPS) is 31.6. The third-order valence-electron chi connectivity index (χ3n) is 18.9. The molecule has 0 radical (unpaired) electrons. The fourth-order valence-electron chi connectivity index (χ4n) is 15.0. The van der Waals surface area contributed by atoms with Gasteiger partial charge in [-0.1, -0.05) is 208 Å². The van der Waals surface area contributed by atoms with Crippen LogP contribution >= 0.6 is 0 Å². The molecule has 59 heavy (non-hydrogen) atoms. The first-order valence-corrected chi connectivity index (χ1v) is 27.1. The third-order valence-corrected chi connectivity index (χ3v) is 18.9. The summed E-state index contributed by atoms with van der Waals surface area (Å²) >= 11 is 0. The van der Waals surface area contributed by atoms with Gasteiger partial charge in [0.25, 0.3) is 0 Å². The summed E-state index contributed by atoms with van der Waals surface area (Å²) in [5.74, 6) is 4.11. The van der Waals surface area contributed by atoms with Crippen molar-refractivity contribution in [1.29, 1.82) is 0 Å². The molecule has 2 nitrogen and oxygen atoms in total. The van der Waals surface area contributed by atoms with Crippen LogP contribution in [0.3, 0.4) is 0 Å². The molecule has 0 amide bonds. The van der Waals surface area contributed by atoms with Crippen molar-refractivity contribution in [3.05, 3.63) is 12.2 Å². The predicted octanol–water partition coefficient (Wildman–Crippen LogP) is 18.7. The highest BCUT2D eigenvalue weighted by atomic mass is 16.5. The number of hydrogen-bond donors (Lipinski definition) is 0. The Bertz CT molecular complexity index is 1190. The Balaban J connectivity index is 1.02. The molecular formula is C57H104O2. The van der Waals surface area contributed by atoms with E-state index < -0.39 is 0 Å². The first-order valence-electron chi connectivity index (χ1n) is 27.1. The van der Waals surface area contributed by atoms with Crippen molar-refractivity contribution in [2.75, 3.05) is 0 Å². The van der Waals surface area contributed by atoms with Crippen LogP contribution in [-0.2, 0) is 9.53 Å². The van der Waals surface area contributed by atoms with Gasteiger partial charge in [-0.05, 0) is 123 Å². The maximum absolute atomic E-state index is 13.3. The molecule has 0 heterocycles. The van der Waals surface area contributed by atoms with Crippen LogP contribution in [0.25, 0.3) is 0 Å². The molecular weight excluding hydrogens is 717 g/mol. The van der Waals surface area contributed by atoms with Gasteiger partial charge in [-0.15, -0.1) is 6.58 Å². The highest BCUT2D eigenvalue weighted by Gasteiger charge is 2.67. The van der Waals surface area contributed by atoms with E-state index in [0.29, 0.717) is 28.6 Å². The summed E-state index contributed by atoms with van der Waals surface area (Å²) in [7, 11) is 0. The van der Waals surface area contributed by atoms with Gasteiger partial charge in [0.1, 0.15) is 6.10 Å². The number of ether oxygens (including phenoxy) is 1. The van der Waals surface area contributed by atoms with Crippen molar-refractivity contribution in [2.45, 2.75) is 293 Å². The number of rotatable bonds is 31. The molecule has 0 N–H and O–H groups in total. The number of esters is 1. The summed E-state index contributed by atoms with van der Waals surface area (Å²) in [6.07, 6.45) is 48.9. The molecule has 4 aliphatic rings. The average Bonchev–Trinajstić information content (AvgIpc) is 3.48. The van der Waals surface area contributed by atoms with E-state index in [4.69, 9.17) is 4.74 Å². The largest absolute Gasteiger partial charge is 0.462 e. The standard InChI is InChI=1S/C57H104O2/c1-10-11-12-13-14-15-16-17-18-19-20-21-22-23-24-25-26-27-28-29-30-31-32-33-37-53(58)59-52-42-43-55(7)49-41-45-56(8)48(47(4)36-34-35-46(2)3)40-44-57(56,9)50(49)38-39-51(55)54(52,5)6/h47-52H,2,10-45H2,1,3-9H3. The molecule has 0 aromatic rings. The van der Waals surface area contributed by atoms with Gasteiger partial charge in [-0.2, -0.15) is 0 Å². The van der Waals surface area contributed by atoms with Gasteiger partial charge in [0, 0.05) is 11.8 Å². The monoisotopic (exact) mass is 821 g/mol. The number of carbonyl (C=O) groups excluding carboxylic acids is 1. The van der Waals surface area contributed by atoms with Crippen LogP contribution in [0, 0.1) is 51.2 Å². The Morgan fingerprint density at radius 1 is 0.559 bits per heavy atom. The Labute approximate surface area is 370 Å². The lowest BCUT2D eigenvalue weighted by Gasteiger charge is -2.67. The zero-order chi connectivity index (χ0) is 42.8. The average molecular weight is 821 g/mol. The highest BCUT2D eigenvalue weighted by molar-refractivity contribution is 5.69. The first kappa shape index (κ1) is 50.9. The van der Waals surface area contributed by atoms with E-state index in [2.05, 4.69) is 62.0 Å². The summed E-state index contributed by atoms with van der Waals surface area (Å²) in [4.78, 5) is 13.3. The molecule has 4 rings (SSSR count). The number of carbonyl (C=O) groups is 1. The van der Waals surface area contributed by atoms with E-state index in [1.807, 2.05) is 0 Å². The molecule has 0 aromatic heterocycles. The molecule has 0 saturated heterocycles. The van der Waals surface area contributed by atoms with Crippen LogP contribution < -0.4 is 0 Å². The Hall–Kier alpha value is -0.790. The molecule has 9 unspecified atom stereocenters. The minimum absolute atomic E-state index is 0.0530. The molecule has 4 aliphatic carbocycles. The van der Waals surface area contributed by atoms with E-state index in [0.717, 1.165) is 36.5 Å². The molecule has 4 fully saturated rings. The van der Waals surface area contributed by atoms with Crippen molar-refractivity contribution in [3.8, 4) is 0 Å². The SMILES string of the molecule is C=C(C)CCCC(C)C1CCC2(C)C3CCC4C(C)(C)C(OC(=O)CCCCCCCCCCCCCCCCCCCCCCCCCC)CCC4(C)C3CCC12C. The quantitative estimate of drug-likeness (QED) is 0.0396. The number of hydrogen-bond acceptors (Lipinski definition) is 2. The van der Waals surface area contributed by atoms with Gasteiger partial charge < -0.3 is 4.74 Å². The van der Waals surface area contributed by atoms with Crippen LogP contribution in [0.2, 0.25) is 0 Å². The second-order valence-corrected chi connectivity index (χ2v) is 23.4. The van der Waals surface area contributed by atoms with Gasteiger partial charge in [-0.3, -0.25) is 4.79 Å². The molecule has 0 spiro atoms. The fraction of sp³-hybridized carbons (Fsp3) is 0.947. The van der Waals surface area contributed by atoms with Gasteiger partial charge in [-0.25, -0.2) is 0 Å². The molecule has 2 heteroatoms. The number of fused-ring (bicyclic) bond motifs is 5. The molecule has 4 saturated carbocycles. The lowest BCUT2D eigenvalue weighted by atomic mass is 9.38. The zero-order valence-corrected chi connectivity index (χ0v) is 41.4. The smallest absolute Gasteiger partial charge is 0.306 e. The van der Waals surface area contributed by atoms with Crippen molar-refractivity contribution >= 4 is 5.97 Å². The second kappa shape index (κ2) is 25.5. The van der Waals surface area contributed by atoms with Crippen molar-refractivity contribution in [2.24, 2.45) is 51.2 Å². The summed E-state index contributed by atoms with van der Waals surface area (Å²) in [5.41, 5.74) is 2.72. The Morgan fingerprint density at radius 3 is 1.53 bits per heavy atom. The van der Waals surface area contributed by atoms with E-state index in [9.17, 15) is 4.79 Å². The first-order chi connectivity index (χ1) is 28.3. The molecule has 0 bridgehead atoms. The van der Waals surface area contributed by atoms with Crippen molar-refractivity contribution < 1.29 is 9.53 Å². The summed E-state index contributed by atoms with van der Waals surface area (Å²) in [6.45, 7) is 24.4. The lowest BCUT2D eigenvalue weighted by Crippen LogP contribution is -2.62. The van der Waals surface area contributed by atoms with Gasteiger partial charge in [0.15, 0.2) is 0 Å². The van der Waals surface area contributed by atoms with E-state index >= 15 is 0 Å². The van der Waals surface area contributed by atoms with E-state index in [1.54, 1.807) is 0 Å². The van der Waals surface area contributed by atoms with Crippen LogP contribution in [-0.4, -0.2) is 12.1 Å². The second-order valence-electron chi connectivity index (χ2n) is 23.4. The maximum Gasteiger partial charge on any atom is 0.306 e. The van der Waals surface area contributed by atoms with Gasteiger partial charge >= 0.3 is 5.97 Å². The topological polar surface area (TPSA) is 26.3 Å². The molecule has 0 aromatic carbocycles. The zero-order valence-electron chi connectivity index (χ0n) is 41.4. The fourth-order valence-corrected chi connectivity index (χ4v) is 15.0. The minimum atomic E-state index is 0.0530. The van der Waals surface area contributed by atoms with Gasteiger partial charge in [0.2, 0.25) is 0 Å². The minimum Gasteiger partial charge on any atom is -0.462 e. The third kappa shape index (κ3) is 14.1. The van der Waals surface area contributed by atoms with Gasteiger partial charge in [0.05, 0.1) is 0 Å². The van der Waals surface area contributed by atoms with Crippen LogP contribution in [0.4, 0.5) is 0 Å². The van der Waals surface area contributed by atoms with Crippen molar-refractivity contribution in [3.63, 3.8) is 0 Å². The summed E-state index contributed by atoms with van der Waals surface area (Å²) in [6, 6.07) is 0. The van der Waals surface area contributed by atoms with Crippen LogP contribution in [0.1, 0.15) is 287 Å². The number of unbranched alkanes of at least 4 members (excludes halogenated alkanes) is 23. The molecule has 9 atom stereocenters. The lowest BCUT2D eigenvalue weighted by molar-refractivity contribution is -0.210. The highest BCUT2D eigenvalue weighted by Crippen LogP contribution is 2.74. The van der Waals surface area contributed by atoms with E-state index in [-0.39, 0.29) is 17.5 Å². The molecule has 0 aliphatic heterocycles. The maximum atomic E-state index is 13.3. The van der Waals surface area contributed by atoms with E-state index in [1.165, 1.54) is 217 Å². The molecule has 344 valence electrons. The Morgan fingerprint density at radius 2 is 1.03 bits per heavy atom. The van der Waals surface area contributed by atoms with Crippen LogP contribution in [0.5, 0.6) is 0 Å². The summed E-state index contributed by atoms with van der Waals surface area (Å²) in [5, 5.41) is 0. The van der Waals surface area contributed by atoms with Crippen molar-refractivity contribution in [1.82, 2.24) is 0 Å². The van der Waals surface area contributed by atoms with Crippen LogP contribution in [0.15, 0.2) is 12.2 Å². The predicted molar refractivity (Wildman–Crippen MR) is 258 cm³/mol. The summed E-state index contributed by atoms with van der Waals surface area (Å²) < 4.78 is 6.44.